The summed E-state index contributed by atoms with van der Waals surface area (Å²) in [7, 11) is 13.4. The van der Waals surface area contributed by atoms with Gasteiger partial charge >= 0.3 is 41.4 Å². The van der Waals surface area contributed by atoms with Gasteiger partial charge in [0, 0.05) is 0 Å². The standard InChI is InChI=1S/3ClH.Co.6H3N/h3*1H;;6*1H3/q;;;+3;;;;;;/p-3/i/hD18. The average molecular weight is 286 g/mol. The second kappa shape index (κ2) is 49.5. The van der Waals surface area contributed by atoms with Gasteiger partial charge in [-0.1, -0.05) is 0 Å². The maximum absolute atomic E-state index is 5.75. The quantitative estimate of drug-likeness (QED) is 0.393. The molecule has 10 heavy (non-hydrogen) atoms. The Balaban J connectivity index is -0.0000000367. The van der Waals surface area contributed by atoms with Crippen molar-refractivity contribution in [3.05, 3.63) is 0 Å². The monoisotopic (exact) mass is 284 g/mol. The van der Waals surface area contributed by atoms with E-state index in [1.54, 1.807) is 0 Å². The first-order valence-corrected chi connectivity index (χ1v) is 4.68. The third kappa shape index (κ3) is 468. The Kier molecular flexibility index (Phi) is 11.5. The van der Waals surface area contributed by atoms with Crippen molar-refractivity contribution in [3.63, 3.8) is 0 Å². The van der Waals surface area contributed by atoms with Crippen molar-refractivity contribution in [2.75, 3.05) is 0 Å². The molecule has 0 aromatic rings. The number of rotatable bonds is 0. The maximum atomic E-state index is 5.75. The Morgan fingerprint density at radius 2 is 0.800 bits per heavy atom. The van der Waals surface area contributed by atoms with Crippen LogP contribution in [0.4, 0.5) is 0 Å². The molecule has 0 spiro atoms. The van der Waals surface area contributed by atoms with Crippen molar-refractivity contribution in [1.29, 1.82) is 0 Å². The molecular weight excluding hydrogens is 249 g/mol. The molecule has 0 amide bonds. The molecule has 0 aliphatic carbocycles. The SMILES string of the molecule is [2H]N([2H])[2H].[2H]N([2H])[2H].[2H]N([2H])[2H].[2H]N([2H])[2H].[2H]N([2H])[2H].[2H]N([2H])[2H].[Cl][Co]([Cl])[Cl]. The zero-order valence-electron chi connectivity index (χ0n) is 22.2. The first-order valence-electron chi connectivity index (χ1n) is 8.43. The van der Waals surface area contributed by atoms with Crippen LogP contribution in [0, 0.1) is 0 Å². The molecule has 0 rings (SSSR count). The fourth-order valence-corrected chi connectivity index (χ4v) is 0. The van der Waals surface area contributed by atoms with Gasteiger partial charge in [-0.25, -0.2) is 0 Å². The molecule has 0 heterocycles. The molecule has 78 valence electrons. The Hall–Kier alpha value is 1.14. The fraction of sp³-hybridized carbons (Fsp3) is 0. The van der Waals surface area contributed by atoms with Crippen LogP contribution in [0.15, 0.2) is 0 Å². The van der Waals surface area contributed by atoms with E-state index in [1.807, 2.05) is 0 Å². The summed E-state index contributed by atoms with van der Waals surface area (Å²) >= 11 is 0. The molecule has 0 radical (unpaired) electrons. The first-order chi connectivity index (χ1) is 12.1. The van der Waals surface area contributed by atoms with Crippen LogP contribution in [0.1, 0.15) is 0 Å². The van der Waals surface area contributed by atoms with Crippen molar-refractivity contribution >= 4 is 30.4 Å². The van der Waals surface area contributed by atoms with Crippen LogP contribution in [0.25, 0.3) is 0 Å². The number of hydrogen-bond donors (Lipinski definition) is 6. The Morgan fingerprint density at radius 1 is 0.800 bits per heavy atom. The first kappa shape index (κ1) is 2.34. The van der Waals surface area contributed by atoms with E-state index in [0.717, 1.165) is 0 Å². The van der Waals surface area contributed by atoms with Crippen LogP contribution in [0.3, 0.4) is 0 Å². The summed E-state index contributed by atoms with van der Waals surface area (Å²) in [6.07, 6.45) is -1.50. The van der Waals surface area contributed by atoms with Gasteiger partial charge in [0.1, 0.15) is 25.4 Å². The van der Waals surface area contributed by atoms with Crippen molar-refractivity contribution in [1.82, 2.24) is 36.8 Å². The topological polar surface area (TPSA) is 210 Å². The molecule has 0 atom stereocenters. The average Bonchev–Trinajstić information content (AvgIpc) is 2.20. The minimum absolute atomic E-state index is 0.250. The van der Waals surface area contributed by atoms with E-state index in [-0.39, 0.29) is 36.8 Å². The predicted molar refractivity (Wildman–Crippen MR) is 47.7 cm³/mol. The van der Waals surface area contributed by atoms with Gasteiger partial charge < -0.3 is 36.8 Å². The van der Waals surface area contributed by atoms with Gasteiger partial charge in [0.05, 0.1) is 0 Å². The number of hydrogen-bond acceptors (Lipinski definition) is 6. The van der Waals surface area contributed by atoms with E-state index in [4.69, 9.17) is 55.9 Å². The molecule has 0 saturated carbocycles. The van der Waals surface area contributed by atoms with E-state index in [0.29, 0.717) is 0 Å². The van der Waals surface area contributed by atoms with Crippen LogP contribution >= 0.6 is 30.4 Å². The zero-order chi connectivity index (χ0) is 25.0. The van der Waals surface area contributed by atoms with Crippen molar-refractivity contribution in [3.8, 4) is 0 Å². The predicted octanol–water partition coefficient (Wildman–Crippen LogP) is 3.04. The zero-order valence-corrected chi connectivity index (χ0v) is 7.46. The van der Waals surface area contributed by atoms with Gasteiger partial charge in [0.15, 0.2) is 0 Å². The molecule has 0 aliphatic rings. The fourth-order valence-electron chi connectivity index (χ4n) is 0. The summed E-state index contributed by atoms with van der Waals surface area (Å²) in [6.45, 7) is 0. The molecule has 0 aliphatic heterocycles. The summed E-state index contributed by atoms with van der Waals surface area (Å²) < 4.78 is 104. The van der Waals surface area contributed by atoms with Gasteiger partial charge in [0.25, 0.3) is 0 Å². The van der Waals surface area contributed by atoms with Gasteiger partial charge in [0.2, 0.25) is 0 Å². The minimum atomic E-state index is -1.19. The van der Waals surface area contributed by atoms with E-state index in [2.05, 4.69) is 0 Å². The second-order valence-electron chi connectivity index (χ2n) is 0.143. The van der Waals surface area contributed by atoms with Crippen LogP contribution in [0.2, 0.25) is 25.4 Å². The van der Waals surface area contributed by atoms with Crippen LogP contribution < -0.4 is 36.8 Å². The molecule has 0 unspecified atom stereocenters. The molecule has 0 saturated heterocycles. The Morgan fingerprint density at radius 3 is 0.800 bits per heavy atom. The molecule has 0 aromatic carbocycles. The molecule has 10 heteroatoms. The Labute approximate surface area is 105 Å². The summed E-state index contributed by atoms with van der Waals surface area (Å²) in [5.74, 6) is 0. The van der Waals surface area contributed by atoms with Crippen molar-refractivity contribution in [2.45, 2.75) is 0 Å². The molecular formula is H18Cl3CoN6. The molecule has 6 nitrogen and oxygen atoms in total. The summed E-state index contributed by atoms with van der Waals surface area (Å²) in [5.41, 5.74) is 0. The van der Waals surface area contributed by atoms with Crippen LogP contribution in [0.5, 0.6) is 0 Å². The van der Waals surface area contributed by atoms with Crippen LogP contribution in [-0.2, 0) is 10.9 Å². The van der Waals surface area contributed by atoms with Crippen molar-refractivity contribution in [2.24, 2.45) is 0 Å². The van der Waals surface area contributed by atoms with E-state index in [9.17, 15) is 0 Å². The molecule has 18 N–H and O–H groups in total. The van der Waals surface area contributed by atoms with E-state index >= 15 is 0 Å². The van der Waals surface area contributed by atoms with Gasteiger partial charge in [-0.05, 0) is 0 Å². The summed E-state index contributed by atoms with van der Waals surface area (Å²) in [4.78, 5) is 0. The van der Waals surface area contributed by atoms with Crippen molar-refractivity contribution < 1.29 is 36.4 Å². The normalized spacial score (nSPS) is 27.9. The summed E-state index contributed by atoms with van der Waals surface area (Å²) in [5, 5.41) is 0. The summed E-state index contributed by atoms with van der Waals surface area (Å²) in [6, 6.07) is 0. The molecule has 0 fully saturated rings. The number of halogens is 3. The Bertz CT molecular complexity index is 132. The molecule has 0 bridgehead atoms. The third-order valence-corrected chi connectivity index (χ3v) is 0. The second-order valence-corrected chi connectivity index (χ2v) is 5.30. The molecule has 0 aromatic heterocycles. The van der Waals surface area contributed by atoms with Crippen LogP contribution in [-0.4, -0.2) is 0 Å². The van der Waals surface area contributed by atoms with E-state index in [1.165, 1.54) is 0 Å². The van der Waals surface area contributed by atoms with E-state index < -0.39 is 10.9 Å². The van der Waals surface area contributed by atoms with Gasteiger partial charge in [-0.2, -0.15) is 0 Å². The van der Waals surface area contributed by atoms with Gasteiger partial charge in [-0.3, -0.25) is 0 Å². The van der Waals surface area contributed by atoms with Gasteiger partial charge in [-0.15, -0.1) is 0 Å². The third-order valence-electron chi connectivity index (χ3n) is 0.